The van der Waals surface area contributed by atoms with Gasteiger partial charge in [-0.3, -0.25) is 15.6 Å². The quantitative estimate of drug-likeness (QED) is 0.830. The number of anilines is 1. The minimum Gasteiger partial charge on any atom is -0.478 e. The molecule has 4 bridgehead atoms. The molecule has 0 saturated heterocycles. The van der Waals surface area contributed by atoms with Crippen molar-refractivity contribution < 1.29 is 9.53 Å². The molecular formula is C18H26N4O2. The lowest BCUT2D eigenvalue weighted by molar-refractivity contribution is -0.169. The molecule has 0 aliphatic heterocycles. The average molecular weight is 330 g/mol. The number of hydrogen-bond acceptors (Lipinski definition) is 5. The van der Waals surface area contributed by atoms with Crippen molar-refractivity contribution in [3.8, 4) is 5.88 Å². The van der Waals surface area contributed by atoms with Crippen LogP contribution in [0.15, 0.2) is 12.4 Å². The normalized spacial score (nSPS) is 39.5. The van der Waals surface area contributed by atoms with Gasteiger partial charge in [0.15, 0.2) is 0 Å². The molecule has 1 aromatic heterocycles. The molecule has 2 unspecified atom stereocenters. The van der Waals surface area contributed by atoms with Crippen molar-refractivity contribution in [2.45, 2.75) is 52.4 Å². The summed E-state index contributed by atoms with van der Waals surface area (Å²) in [5.41, 5.74) is 6.20. The number of methoxy groups -OCH3 is 1. The number of hydrazine groups is 1. The van der Waals surface area contributed by atoms with Gasteiger partial charge in [0.25, 0.3) is 5.88 Å². The number of carbonyl (C=O) groups is 1. The molecule has 4 fully saturated rings. The van der Waals surface area contributed by atoms with Crippen LogP contribution in [0, 0.1) is 22.2 Å². The summed E-state index contributed by atoms with van der Waals surface area (Å²) in [6, 6.07) is 0. The molecule has 4 saturated carbocycles. The van der Waals surface area contributed by atoms with Crippen molar-refractivity contribution in [2.75, 3.05) is 12.5 Å². The number of amides is 1. The van der Waals surface area contributed by atoms with E-state index in [2.05, 4.69) is 34.7 Å². The van der Waals surface area contributed by atoms with E-state index in [0.717, 1.165) is 19.3 Å². The standard InChI is InChI=1S/C18H26N4O2/c1-16-6-12-7-17(2,9-16)11-18(8-12,10-16)15(23)22-21-13-14(24-3)20-5-4-19-13/h4-5,12H,6-11H2,1-3H3,(H,19,21)(H,22,23). The lowest BCUT2D eigenvalue weighted by atomic mass is 9.40. The van der Waals surface area contributed by atoms with Crippen molar-refractivity contribution in [3.63, 3.8) is 0 Å². The Labute approximate surface area is 142 Å². The van der Waals surface area contributed by atoms with E-state index in [4.69, 9.17) is 4.74 Å². The number of aromatic nitrogens is 2. The Morgan fingerprint density at radius 2 is 1.79 bits per heavy atom. The maximum absolute atomic E-state index is 13.1. The first-order chi connectivity index (χ1) is 11.4. The van der Waals surface area contributed by atoms with E-state index in [0.29, 0.717) is 28.4 Å². The Bertz CT molecular complexity index is 659. The average Bonchev–Trinajstić information content (AvgIpc) is 2.49. The molecule has 24 heavy (non-hydrogen) atoms. The lowest BCUT2D eigenvalue weighted by Crippen LogP contribution is -2.60. The monoisotopic (exact) mass is 330 g/mol. The topological polar surface area (TPSA) is 76.1 Å². The zero-order valence-corrected chi connectivity index (χ0v) is 14.7. The van der Waals surface area contributed by atoms with E-state index >= 15 is 0 Å². The second kappa shape index (κ2) is 5.07. The number of rotatable bonds is 4. The van der Waals surface area contributed by atoms with Crippen molar-refractivity contribution >= 4 is 11.7 Å². The minimum absolute atomic E-state index is 0.0942. The van der Waals surface area contributed by atoms with Gasteiger partial charge in [-0.05, 0) is 55.3 Å². The van der Waals surface area contributed by atoms with Crippen molar-refractivity contribution in [3.05, 3.63) is 12.4 Å². The Balaban J connectivity index is 1.52. The van der Waals surface area contributed by atoms with Gasteiger partial charge in [0, 0.05) is 12.4 Å². The maximum atomic E-state index is 13.1. The molecule has 1 amide bonds. The van der Waals surface area contributed by atoms with Gasteiger partial charge >= 0.3 is 0 Å². The van der Waals surface area contributed by atoms with Gasteiger partial charge in [-0.2, -0.15) is 0 Å². The van der Waals surface area contributed by atoms with E-state index in [1.54, 1.807) is 12.4 Å². The number of nitrogens with zero attached hydrogens (tertiary/aromatic N) is 2. The van der Waals surface area contributed by atoms with Crippen LogP contribution in [0.25, 0.3) is 0 Å². The fraction of sp³-hybridized carbons (Fsp3) is 0.722. The van der Waals surface area contributed by atoms with E-state index in [9.17, 15) is 4.79 Å². The van der Waals surface area contributed by atoms with Crippen LogP contribution in [-0.4, -0.2) is 23.0 Å². The van der Waals surface area contributed by atoms with Crippen LogP contribution < -0.4 is 15.6 Å². The third kappa shape index (κ3) is 2.43. The molecule has 1 aromatic rings. The van der Waals surface area contributed by atoms with E-state index in [1.807, 2.05) is 0 Å². The van der Waals surface area contributed by atoms with Crippen LogP contribution in [0.1, 0.15) is 52.4 Å². The van der Waals surface area contributed by atoms with Crippen molar-refractivity contribution in [1.82, 2.24) is 15.4 Å². The van der Waals surface area contributed by atoms with E-state index < -0.39 is 0 Å². The number of hydrogen-bond donors (Lipinski definition) is 2. The van der Waals surface area contributed by atoms with Gasteiger partial charge in [0.05, 0.1) is 12.5 Å². The maximum Gasteiger partial charge on any atom is 0.258 e. The van der Waals surface area contributed by atoms with Crippen LogP contribution in [0.2, 0.25) is 0 Å². The summed E-state index contributed by atoms with van der Waals surface area (Å²) in [5.74, 6) is 1.60. The molecule has 1 heterocycles. The molecule has 6 nitrogen and oxygen atoms in total. The molecular weight excluding hydrogens is 304 g/mol. The number of carbonyl (C=O) groups excluding carboxylic acids is 1. The van der Waals surface area contributed by atoms with Crippen LogP contribution in [0.3, 0.4) is 0 Å². The predicted molar refractivity (Wildman–Crippen MR) is 90.2 cm³/mol. The van der Waals surface area contributed by atoms with Crippen LogP contribution >= 0.6 is 0 Å². The van der Waals surface area contributed by atoms with E-state index in [1.165, 1.54) is 26.4 Å². The van der Waals surface area contributed by atoms with Crippen LogP contribution in [0.4, 0.5) is 5.82 Å². The largest absolute Gasteiger partial charge is 0.478 e. The molecule has 4 aliphatic rings. The summed E-state index contributed by atoms with van der Waals surface area (Å²) in [4.78, 5) is 21.4. The fourth-order valence-corrected chi connectivity index (χ4v) is 6.51. The van der Waals surface area contributed by atoms with Gasteiger partial charge in [0.1, 0.15) is 0 Å². The van der Waals surface area contributed by atoms with Gasteiger partial charge in [0.2, 0.25) is 11.7 Å². The number of ether oxygens (including phenoxy) is 1. The zero-order valence-electron chi connectivity index (χ0n) is 14.7. The molecule has 5 rings (SSSR count). The van der Waals surface area contributed by atoms with Gasteiger partial charge in [-0.15, -0.1) is 0 Å². The lowest BCUT2D eigenvalue weighted by Gasteiger charge is -2.64. The second-order valence-corrected chi connectivity index (χ2v) is 8.90. The minimum atomic E-state index is -0.245. The predicted octanol–water partition coefficient (Wildman–Crippen LogP) is 2.92. The molecule has 0 aromatic carbocycles. The van der Waals surface area contributed by atoms with Gasteiger partial charge in [-0.1, -0.05) is 13.8 Å². The van der Waals surface area contributed by atoms with Crippen molar-refractivity contribution in [1.29, 1.82) is 0 Å². The van der Waals surface area contributed by atoms with Gasteiger partial charge in [-0.25, -0.2) is 9.97 Å². The van der Waals surface area contributed by atoms with E-state index in [-0.39, 0.29) is 11.3 Å². The van der Waals surface area contributed by atoms with Crippen molar-refractivity contribution in [2.24, 2.45) is 22.2 Å². The van der Waals surface area contributed by atoms with Crippen LogP contribution in [0.5, 0.6) is 5.88 Å². The Morgan fingerprint density at radius 3 is 2.42 bits per heavy atom. The third-order valence-electron chi connectivity index (χ3n) is 6.26. The second-order valence-electron chi connectivity index (χ2n) is 8.90. The molecule has 0 spiro atoms. The molecule has 2 atom stereocenters. The van der Waals surface area contributed by atoms with Crippen LogP contribution in [-0.2, 0) is 4.79 Å². The highest BCUT2D eigenvalue weighted by atomic mass is 16.5. The fourth-order valence-electron chi connectivity index (χ4n) is 6.51. The summed E-state index contributed by atoms with van der Waals surface area (Å²) < 4.78 is 5.17. The molecule has 6 heteroatoms. The first-order valence-corrected chi connectivity index (χ1v) is 8.77. The third-order valence-corrected chi connectivity index (χ3v) is 6.26. The SMILES string of the molecule is COc1nccnc1NNC(=O)C12CC3CC(C)(CC(C)(C3)C1)C2. The molecule has 130 valence electrons. The Hall–Kier alpha value is -1.85. The number of nitrogens with one attached hydrogen (secondary N) is 2. The molecule has 4 aliphatic carbocycles. The molecule has 0 radical (unpaired) electrons. The summed E-state index contributed by atoms with van der Waals surface area (Å²) in [5, 5.41) is 0. The van der Waals surface area contributed by atoms with Gasteiger partial charge < -0.3 is 4.74 Å². The Morgan fingerprint density at radius 1 is 1.12 bits per heavy atom. The Kier molecular flexibility index (Phi) is 3.31. The smallest absolute Gasteiger partial charge is 0.258 e. The zero-order chi connectivity index (χ0) is 17.0. The highest BCUT2D eigenvalue weighted by Crippen LogP contribution is 2.69. The molecule has 2 N–H and O–H groups in total. The summed E-state index contributed by atoms with van der Waals surface area (Å²) in [6.45, 7) is 4.74. The highest BCUT2D eigenvalue weighted by molar-refractivity contribution is 5.84. The summed E-state index contributed by atoms with van der Waals surface area (Å²) >= 11 is 0. The first-order valence-electron chi connectivity index (χ1n) is 8.77. The first kappa shape index (κ1) is 15.7. The highest BCUT2D eigenvalue weighted by Gasteiger charge is 2.62. The summed E-state index contributed by atoms with van der Waals surface area (Å²) in [6.07, 6.45) is 9.97. The summed E-state index contributed by atoms with van der Waals surface area (Å²) in [7, 11) is 1.54.